The Morgan fingerprint density at radius 3 is 2.57 bits per heavy atom. The highest BCUT2D eigenvalue weighted by Crippen LogP contribution is 2.31. The molecule has 0 aliphatic heterocycles. The van der Waals surface area contributed by atoms with Crippen LogP contribution in [0.5, 0.6) is 0 Å². The summed E-state index contributed by atoms with van der Waals surface area (Å²) in [5.74, 6) is 0.154. The first kappa shape index (κ1) is 22.1. The molecular formula is C27H22N6O2. The van der Waals surface area contributed by atoms with E-state index in [0.717, 1.165) is 22.3 Å². The highest BCUT2D eigenvalue weighted by Gasteiger charge is 2.16. The zero-order valence-corrected chi connectivity index (χ0v) is 19.0. The Kier molecular flexibility index (Phi) is 6.09. The van der Waals surface area contributed by atoms with Crippen molar-refractivity contribution in [1.82, 2.24) is 24.6 Å². The number of hydrogen-bond acceptors (Lipinski definition) is 7. The minimum absolute atomic E-state index is 0.00905. The number of fused-ring (bicyclic) bond motifs is 1. The molecule has 35 heavy (non-hydrogen) atoms. The van der Waals surface area contributed by atoms with Crippen LogP contribution in [0.1, 0.15) is 18.2 Å². The van der Waals surface area contributed by atoms with Gasteiger partial charge in [0.1, 0.15) is 5.52 Å². The number of nitrogens with one attached hydrogen (secondary N) is 1. The van der Waals surface area contributed by atoms with Crippen molar-refractivity contribution < 1.29 is 9.59 Å². The molecule has 0 atom stereocenters. The van der Waals surface area contributed by atoms with Gasteiger partial charge in [-0.05, 0) is 35.4 Å². The molecule has 0 radical (unpaired) electrons. The van der Waals surface area contributed by atoms with E-state index in [1.54, 1.807) is 29.2 Å². The maximum atomic E-state index is 11.9. The summed E-state index contributed by atoms with van der Waals surface area (Å²) >= 11 is 0. The molecular weight excluding hydrogens is 440 g/mol. The molecule has 0 saturated carbocycles. The van der Waals surface area contributed by atoms with Crippen LogP contribution in [0.2, 0.25) is 0 Å². The summed E-state index contributed by atoms with van der Waals surface area (Å²) in [5, 5.41) is 8.14. The molecule has 0 aliphatic rings. The predicted octanol–water partition coefficient (Wildman–Crippen LogP) is 4.17. The molecule has 0 spiro atoms. The van der Waals surface area contributed by atoms with Crippen molar-refractivity contribution in [2.75, 3.05) is 5.32 Å². The van der Waals surface area contributed by atoms with Gasteiger partial charge < -0.3 is 5.32 Å². The third kappa shape index (κ3) is 4.81. The average Bonchev–Trinajstić information content (AvgIpc) is 3.33. The molecule has 0 unspecified atom stereocenters. The topological polar surface area (TPSA) is 102 Å². The van der Waals surface area contributed by atoms with Crippen molar-refractivity contribution >= 4 is 22.9 Å². The van der Waals surface area contributed by atoms with E-state index in [4.69, 9.17) is 10.1 Å². The number of pyridine rings is 2. The molecule has 0 bridgehead atoms. The van der Waals surface area contributed by atoms with E-state index < -0.39 is 11.6 Å². The van der Waals surface area contributed by atoms with Crippen molar-refractivity contribution in [1.29, 1.82) is 0 Å². The molecule has 4 aromatic heterocycles. The van der Waals surface area contributed by atoms with Crippen molar-refractivity contribution in [3.05, 3.63) is 96.7 Å². The maximum absolute atomic E-state index is 11.9. The van der Waals surface area contributed by atoms with E-state index in [9.17, 15) is 9.59 Å². The van der Waals surface area contributed by atoms with Gasteiger partial charge in [0, 0.05) is 49.3 Å². The molecule has 8 heteroatoms. The lowest BCUT2D eigenvalue weighted by Crippen LogP contribution is -2.12. The predicted molar refractivity (Wildman–Crippen MR) is 133 cm³/mol. The molecule has 0 amide bonds. The van der Waals surface area contributed by atoms with Crippen LogP contribution in [0.3, 0.4) is 0 Å². The van der Waals surface area contributed by atoms with Gasteiger partial charge in [0.05, 0.1) is 12.2 Å². The second-order valence-electron chi connectivity index (χ2n) is 8.09. The van der Waals surface area contributed by atoms with Crippen LogP contribution in [0.25, 0.3) is 28.0 Å². The Labute approximate surface area is 201 Å². The van der Waals surface area contributed by atoms with Gasteiger partial charge in [0.2, 0.25) is 5.78 Å². The van der Waals surface area contributed by atoms with Crippen molar-refractivity contribution in [3.8, 4) is 22.5 Å². The fourth-order valence-corrected chi connectivity index (χ4v) is 3.81. The summed E-state index contributed by atoms with van der Waals surface area (Å²) in [6.45, 7) is 1.75. The van der Waals surface area contributed by atoms with Crippen molar-refractivity contribution in [2.24, 2.45) is 0 Å². The first-order valence-electron chi connectivity index (χ1n) is 11.1. The normalized spacial score (nSPS) is 10.9. The SMILES string of the molecule is CC(=O)C(=O)Cc1cncc(-c2nc(NCc3ccccn3)c3c(-c4ccccc4)ccn3n2)c1. The highest BCUT2D eigenvalue weighted by molar-refractivity contribution is 6.36. The lowest BCUT2D eigenvalue weighted by molar-refractivity contribution is -0.134. The molecule has 0 saturated heterocycles. The fourth-order valence-electron chi connectivity index (χ4n) is 3.81. The van der Waals surface area contributed by atoms with Gasteiger partial charge in [0.25, 0.3) is 0 Å². The number of benzene rings is 1. The second kappa shape index (κ2) is 9.64. The summed E-state index contributed by atoms with van der Waals surface area (Å²) < 4.78 is 1.79. The monoisotopic (exact) mass is 462 g/mol. The molecule has 172 valence electrons. The number of Topliss-reactive ketones (excluding diaryl/α,β-unsaturated/α-hetero) is 2. The molecule has 0 aliphatic carbocycles. The van der Waals surface area contributed by atoms with Crippen LogP contribution in [-0.4, -0.2) is 36.1 Å². The number of carbonyl (C=O) groups is 2. The number of aromatic nitrogens is 5. The van der Waals surface area contributed by atoms with E-state index in [-0.39, 0.29) is 6.42 Å². The standard InChI is InChI=1S/C27H22N6O2/c1-18(34)24(35)14-19-13-21(16-28-15-19)26-31-27(30-17-22-9-5-6-11-29-22)25-23(10-12-33(25)32-26)20-7-3-2-4-8-20/h2-13,15-16H,14,17H2,1H3,(H,30,31,32). The minimum Gasteiger partial charge on any atom is -0.363 e. The van der Waals surface area contributed by atoms with Gasteiger partial charge in [-0.25, -0.2) is 9.50 Å². The van der Waals surface area contributed by atoms with Crippen LogP contribution in [0.4, 0.5) is 5.82 Å². The second-order valence-corrected chi connectivity index (χ2v) is 8.09. The Bertz CT molecular complexity index is 1510. The number of carbonyl (C=O) groups excluding carboxylic acids is 2. The first-order valence-corrected chi connectivity index (χ1v) is 11.1. The molecule has 1 N–H and O–H groups in total. The van der Waals surface area contributed by atoms with Crippen LogP contribution in [-0.2, 0) is 22.6 Å². The third-order valence-corrected chi connectivity index (χ3v) is 5.57. The van der Waals surface area contributed by atoms with Gasteiger partial charge >= 0.3 is 0 Å². The van der Waals surface area contributed by atoms with Crippen LogP contribution >= 0.6 is 0 Å². The first-order chi connectivity index (χ1) is 17.1. The smallest absolute Gasteiger partial charge is 0.202 e. The van der Waals surface area contributed by atoms with Crippen molar-refractivity contribution in [3.63, 3.8) is 0 Å². The lowest BCUT2D eigenvalue weighted by Gasteiger charge is -2.12. The fraction of sp³-hybridized carbons (Fsp3) is 0.111. The van der Waals surface area contributed by atoms with Crippen molar-refractivity contribution in [2.45, 2.75) is 19.9 Å². The average molecular weight is 463 g/mol. The quantitative estimate of drug-likeness (QED) is 0.345. The van der Waals surface area contributed by atoms with E-state index in [1.165, 1.54) is 6.92 Å². The molecule has 5 rings (SSSR count). The largest absolute Gasteiger partial charge is 0.363 e. The van der Waals surface area contributed by atoms with Crippen LogP contribution in [0.15, 0.2) is 85.5 Å². The number of ketones is 2. The Hall–Kier alpha value is -4.72. The Balaban J connectivity index is 1.58. The molecule has 0 fully saturated rings. The third-order valence-electron chi connectivity index (χ3n) is 5.57. The molecule has 1 aromatic carbocycles. The maximum Gasteiger partial charge on any atom is 0.202 e. The zero-order chi connectivity index (χ0) is 24.2. The van der Waals surface area contributed by atoms with E-state index in [1.807, 2.05) is 60.8 Å². The van der Waals surface area contributed by atoms with Gasteiger partial charge in [-0.15, -0.1) is 5.10 Å². The van der Waals surface area contributed by atoms with Gasteiger partial charge in [-0.1, -0.05) is 36.4 Å². The van der Waals surface area contributed by atoms with E-state index >= 15 is 0 Å². The number of hydrogen-bond donors (Lipinski definition) is 1. The molecule has 5 aromatic rings. The van der Waals surface area contributed by atoms with E-state index in [0.29, 0.717) is 29.3 Å². The summed E-state index contributed by atoms with van der Waals surface area (Å²) in [5.41, 5.74) is 5.05. The molecule has 8 nitrogen and oxygen atoms in total. The summed E-state index contributed by atoms with van der Waals surface area (Å²) in [6.07, 6.45) is 6.86. The van der Waals surface area contributed by atoms with Gasteiger partial charge in [-0.3, -0.25) is 19.6 Å². The summed E-state index contributed by atoms with van der Waals surface area (Å²) in [7, 11) is 0. The van der Waals surface area contributed by atoms with Gasteiger partial charge in [-0.2, -0.15) is 0 Å². The minimum atomic E-state index is -0.477. The lowest BCUT2D eigenvalue weighted by atomic mass is 10.1. The van der Waals surface area contributed by atoms with Crippen LogP contribution in [0, 0.1) is 0 Å². The highest BCUT2D eigenvalue weighted by atomic mass is 16.2. The summed E-state index contributed by atoms with van der Waals surface area (Å²) in [4.78, 5) is 36.8. The number of rotatable bonds is 8. The van der Waals surface area contributed by atoms with E-state index in [2.05, 4.69) is 15.3 Å². The van der Waals surface area contributed by atoms with Gasteiger partial charge in [0.15, 0.2) is 17.4 Å². The number of anilines is 1. The summed E-state index contributed by atoms with van der Waals surface area (Å²) in [6, 6.07) is 19.6. The Morgan fingerprint density at radius 2 is 1.80 bits per heavy atom. The Morgan fingerprint density at radius 1 is 0.971 bits per heavy atom. The number of nitrogens with zero attached hydrogens (tertiary/aromatic N) is 5. The zero-order valence-electron chi connectivity index (χ0n) is 19.0. The van der Waals surface area contributed by atoms with Crippen LogP contribution < -0.4 is 5.32 Å². The molecule has 4 heterocycles.